The molecule has 110 valence electrons. The average molecular weight is 351 g/mol. The molecule has 0 fully saturated rings. The molecule has 21 heavy (non-hydrogen) atoms. The van der Waals surface area contributed by atoms with E-state index in [4.69, 9.17) is 5.73 Å². The number of halogens is 2. The summed E-state index contributed by atoms with van der Waals surface area (Å²) in [7, 11) is 0. The summed E-state index contributed by atoms with van der Waals surface area (Å²) in [5.74, 6) is -0.663. The second-order valence-electron chi connectivity index (χ2n) is 4.64. The maximum atomic E-state index is 13.4. The summed E-state index contributed by atoms with van der Waals surface area (Å²) in [4.78, 5) is 14.2. The molecule has 1 amide bonds. The number of hydrogen-bond donors (Lipinski definition) is 1. The molecule has 0 aliphatic carbocycles. The minimum Gasteiger partial charge on any atom is -0.398 e. The molecule has 2 aromatic rings. The molecular weight excluding hydrogens is 335 g/mol. The fourth-order valence-electron chi connectivity index (χ4n) is 2.04. The first-order valence-electron chi connectivity index (χ1n) is 6.60. The summed E-state index contributed by atoms with van der Waals surface area (Å²) >= 11 is 3.29. The van der Waals surface area contributed by atoms with E-state index in [1.807, 2.05) is 25.1 Å². The van der Waals surface area contributed by atoms with Crippen LogP contribution in [-0.2, 0) is 6.54 Å². The first-order valence-corrected chi connectivity index (χ1v) is 7.40. The van der Waals surface area contributed by atoms with Gasteiger partial charge in [-0.05, 0) is 52.7 Å². The highest BCUT2D eigenvalue weighted by atomic mass is 79.9. The Bertz CT molecular complexity index is 660. The highest BCUT2D eigenvalue weighted by Gasteiger charge is 2.18. The third-order valence-electron chi connectivity index (χ3n) is 3.24. The molecule has 0 saturated carbocycles. The van der Waals surface area contributed by atoms with Crippen molar-refractivity contribution in [2.24, 2.45) is 0 Å². The van der Waals surface area contributed by atoms with Gasteiger partial charge in [0.05, 0.1) is 5.56 Å². The molecule has 0 spiro atoms. The van der Waals surface area contributed by atoms with Crippen molar-refractivity contribution in [3.63, 3.8) is 0 Å². The lowest BCUT2D eigenvalue weighted by Crippen LogP contribution is -2.31. The highest BCUT2D eigenvalue weighted by molar-refractivity contribution is 9.10. The van der Waals surface area contributed by atoms with Gasteiger partial charge in [-0.3, -0.25) is 4.79 Å². The zero-order chi connectivity index (χ0) is 15.4. The number of hydrogen-bond acceptors (Lipinski definition) is 2. The number of anilines is 1. The number of nitrogen functional groups attached to an aromatic ring is 1. The number of carbonyl (C=O) groups excluding carboxylic acids is 1. The van der Waals surface area contributed by atoms with Gasteiger partial charge in [-0.2, -0.15) is 0 Å². The predicted octanol–water partition coefficient (Wildman–Crippen LogP) is 3.83. The normalized spacial score (nSPS) is 10.4. The van der Waals surface area contributed by atoms with Gasteiger partial charge >= 0.3 is 0 Å². The van der Waals surface area contributed by atoms with Crippen LogP contribution in [0.4, 0.5) is 10.1 Å². The molecule has 3 nitrogen and oxygen atoms in total. The Balaban J connectivity index is 2.27. The Hall–Kier alpha value is -1.88. The Morgan fingerprint density at radius 2 is 2.00 bits per heavy atom. The molecule has 2 aromatic carbocycles. The van der Waals surface area contributed by atoms with Gasteiger partial charge in [-0.15, -0.1) is 0 Å². The Kier molecular flexibility index (Phi) is 4.96. The van der Waals surface area contributed by atoms with Crippen molar-refractivity contribution in [3.05, 3.63) is 63.9 Å². The topological polar surface area (TPSA) is 46.3 Å². The summed E-state index contributed by atoms with van der Waals surface area (Å²) in [6.07, 6.45) is 0. The van der Waals surface area contributed by atoms with Crippen LogP contribution in [0.1, 0.15) is 22.8 Å². The Labute approximate surface area is 131 Å². The second kappa shape index (κ2) is 6.72. The first kappa shape index (κ1) is 15.5. The standard InChI is InChI=1S/C16H16BrFN2O/c1-2-20(10-11-5-3-4-6-15(11)19)16(21)13-9-12(18)7-8-14(13)17/h3-9H,2,10,19H2,1H3. The van der Waals surface area contributed by atoms with E-state index in [1.165, 1.54) is 18.2 Å². The van der Waals surface area contributed by atoms with Crippen molar-refractivity contribution in [3.8, 4) is 0 Å². The third-order valence-corrected chi connectivity index (χ3v) is 3.94. The second-order valence-corrected chi connectivity index (χ2v) is 5.50. The molecular formula is C16H16BrFN2O. The summed E-state index contributed by atoms with van der Waals surface area (Å²) < 4.78 is 13.9. The molecule has 0 heterocycles. The van der Waals surface area contributed by atoms with E-state index in [2.05, 4.69) is 15.9 Å². The van der Waals surface area contributed by atoms with Gasteiger partial charge in [-0.1, -0.05) is 18.2 Å². The van der Waals surface area contributed by atoms with Gasteiger partial charge in [0.25, 0.3) is 5.91 Å². The van der Waals surface area contributed by atoms with Crippen molar-refractivity contribution in [1.82, 2.24) is 4.90 Å². The van der Waals surface area contributed by atoms with Crippen LogP contribution in [0.3, 0.4) is 0 Å². The maximum Gasteiger partial charge on any atom is 0.255 e. The molecule has 0 aliphatic heterocycles. The monoisotopic (exact) mass is 350 g/mol. The Morgan fingerprint density at radius 1 is 1.29 bits per heavy atom. The van der Waals surface area contributed by atoms with Crippen LogP contribution in [0.15, 0.2) is 46.9 Å². The lowest BCUT2D eigenvalue weighted by molar-refractivity contribution is 0.0751. The van der Waals surface area contributed by atoms with E-state index in [9.17, 15) is 9.18 Å². The summed E-state index contributed by atoms with van der Waals surface area (Å²) in [5.41, 5.74) is 7.74. The van der Waals surface area contributed by atoms with Crippen LogP contribution in [0.2, 0.25) is 0 Å². The van der Waals surface area contributed by atoms with E-state index in [1.54, 1.807) is 11.0 Å². The first-order chi connectivity index (χ1) is 10.0. The molecule has 2 N–H and O–H groups in total. The molecule has 0 atom stereocenters. The van der Waals surface area contributed by atoms with Crippen molar-refractivity contribution in [1.29, 1.82) is 0 Å². The van der Waals surface area contributed by atoms with Crippen LogP contribution < -0.4 is 5.73 Å². The molecule has 0 aromatic heterocycles. The van der Waals surface area contributed by atoms with Crippen LogP contribution in [0, 0.1) is 5.82 Å². The quantitative estimate of drug-likeness (QED) is 0.851. The SMILES string of the molecule is CCN(Cc1ccccc1N)C(=O)c1cc(F)ccc1Br. The molecule has 0 aliphatic rings. The number of amides is 1. The van der Waals surface area contributed by atoms with Crippen LogP contribution in [-0.4, -0.2) is 17.4 Å². The number of para-hydroxylation sites is 1. The van der Waals surface area contributed by atoms with Crippen LogP contribution in [0.5, 0.6) is 0 Å². The zero-order valence-electron chi connectivity index (χ0n) is 11.6. The zero-order valence-corrected chi connectivity index (χ0v) is 13.2. The van der Waals surface area contributed by atoms with Gasteiger partial charge in [0.2, 0.25) is 0 Å². The average Bonchev–Trinajstić information content (AvgIpc) is 2.48. The molecule has 0 saturated heterocycles. The van der Waals surface area contributed by atoms with Crippen LogP contribution in [0.25, 0.3) is 0 Å². The Morgan fingerprint density at radius 3 is 2.67 bits per heavy atom. The van der Waals surface area contributed by atoms with Crippen molar-refractivity contribution in [2.75, 3.05) is 12.3 Å². The van der Waals surface area contributed by atoms with Gasteiger partial charge in [0, 0.05) is 23.2 Å². The lowest BCUT2D eigenvalue weighted by Gasteiger charge is -2.22. The summed E-state index contributed by atoms with van der Waals surface area (Å²) in [5, 5.41) is 0. The van der Waals surface area contributed by atoms with Gasteiger partial charge < -0.3 is 10.6 Å². The number of carbonyl (C=O) groups is 1. The van der Waals surface area contributed by atoms with Gasteiger partial charge in [0.15, 0.2) is 0 Å². The number of rotatable bonds is 4. The molecule has 5 heteroatoms. The largest absolute Gasteiger partial charge is 0.398 e. The summed E-state index contributed by atoms with van der Waals surface area (Å²) in [6.45, 7) is 2.78. The predicted molar refractivity (Wildman–Crippen MR) is 85.4 cm³/mol. The molecule has 0 bridgehead atoms. The fraction of sp³-hybridized carbons (Fsp3) is 0.188. The number of benzene rings is 2. The highest BCUT2D eigenvalue weighted by Crippen LogP contribution is 2.21. The minimum absolute atomic E-state index is 0.230. The van der Waals surface area contributed by atoms with Crippen molar-refractivity contribution < 1.29 is 9.18 Å². The van der Waals surface area contributed by atoms with E-state index in [0.717, 1.165) is 5.56 Å². The van der Waals surface area contributed by atoms with E-state index >= 15 is 0 Å². The lowest BCUT2D eigenvalue weighted by atomic mass is 10.1. The minimum atomic E-state index is -0.433. The van der Waals surface area contributed by atoms with E-state index in [-0.39, 0.29) is 5.91 Å². The third kappa shape index (κ3) is 3.61. The molecule has 0 unspecified atom stereocenters. The smallest absolute Gasteiger partial charge is 0.255 e. The fourth-order valence-corrected chi connectivity index (χ4v) is 2.46. The van der Waals surface area contributed by atoms with Crippen molar-refractivity contribution in [2.45, 2.75) is 13.5 Å². The van der Waals surface area contributed by atoms with Gasteiger partial charge in [-0.25, -0.2) is 4.39 Å². The van der Waals surface area contributed by atoms with Crippen molar-refractivity contribution >= 4 is 27.5 Å². The van der Waals surface area contributed by atoms with E-state index in [0.29, 0.717) is 28.8 Å². The molecule has 2 rings (SSSR count). The number of nitrogens with zero attached hydrogens (tertiary/aromatic N) is 1. The molecule has 0 radical (unpaired) electrons. The van der Waals surface area contributed by atoms with E-state index < -0.39 is 5.82 Å². The maximum absolute atomic E-state index is 13.4. The number of nitrogens with two attached hydrogens (primary N) is 1. The van der Waals surface area contributed by atoms with Gasteiger partial charge in [0.1, 0.15) is 5.82 Å². The summed E-state index contributed by atoms with van der Waals surface area (Å²) in [6, 6.07) is 11.5. The van der Waals surface area contributed by atoms with Crippen LogP contribution >= 0.6 is 15.9 Å².